The molecule has 0 saturated heterocycles. The molecule has 0 aliphatic carbocycles. The standard InChI is InChI=1S/C17H19N3S/c1-4-9-18-16-14-10-12(3)21-17(14)20-15(19-16)13-7-5-11(2)6-8-13/h5-8,10H,4,9H2,1-3H3,(H,18,19,20). The number of nitrogens with zero attached hydrogens (tertiary/aromatic N) is 2. The Balaban J connectivity index is 2.12. The Hall–Kier alpha value is -1.94. The van der Waals surface area contributed by atoms with Crippen LogP contribution in [0.3, 0.4) is 0 Å². The van der Waals surface area contributed by atoms with Crippen LogP contribution in [0.15, 0.2) is 30.3 Å². The third kappa shape index (κ3) is 2.90. The molecule has 2 heterocycles. The van der Waals surface area contributed by atoms with Gasteiger partial charge in [-0.2, -0.15) is 0 Å². The number of nitrogens with one attached hydrogen (secondary N) is 1. The van der Waals surface area contributed by atoms with E-state index in [4.69, 9.17) is 9.97 Å². The van der Waals surface area contributed by atoms with Gasteiger partial charge in [0.05, 0.1) is 5.39 Å². The molecule has 0 amide bonds. The fraction of sp³-hybridized carbons (Fsp3) is 0.294. The van der Waals surface area contributed by atoms with Gasteiger partial charge in [-0.25, -0.2) is 9.97 Å². The third-order valence-electron chi connectivity index (χ3n) is 3.37. The fourth-order valence-corrected chi connectivity index (χ4v) is 3.13. The maximum atomic E-state index is 4.74. The molecular weight excluding hydrogens is 278 g/mol. The van der Waals surface area contributed by atoms with Gasteiger partial charge in [0, 0.05) is 17.0 Å². The van der Waals surface area contributed by atoms with Crippen LogP contribution in [0.25, 0.3) is 21.6 Å². The molecule has 3 rings (SSSR count). The van der Waals surface area contributed by atoms with E-state index in [0.717, 1.165) is 40.4 Å². The highest BCUT2D eigenvalue weighted by molar-refractivity contribution is 7.18. The first-order valence-corrected chi connectivity index (χ1v) is 8.08. The van der Waals surface area contributed by atoms with Gasteiger partial charge in [0.2, 0.25) is 0 Å². The molecule has 0 saturated carbocycles. The Labute approximate surface area is 129 Å². The van der Waals surface area contributed by atoms with Crippen LogP contribution in [0.4, 0.5) is 5.82 Å². The summed E-state index contributed by atoms with van der Waals surface area (Å²) in [6, 6.07) is 10.5. The highest BCUT2D eigenvalue weighted by Gasteiger charge is 2.11. The van der Waals surface area contributed by atoms with E-state index in [1.165, 1.54) is 10.4 Å². The van der Waals surface area contributed by atoms with Crippen LogP contribution < -0.4 is 5.32 Å². The number of hydrogen-bond donors (Lipinski definition) is 1. The summed E-state index contributed by atoms with van der Waals surface area (Å²) < 4.78 is 0. The van der Waals surface area contributed by atoms with Gasteiger partial charge in [-0.3, -0.25) is 0 Å². The molecule has 0 bridgehead atoms. The fourth-order valence-electron chi connectivity index (χ4n) is 2.25. The Morgan fingerprint density at radius 2 is 1.86 bits per heavy atom. The average Bonchev–Trinajstić information content (AvgIpc) is 2.85. The summed E-state index contributed by atoms with van der Waals surface area (Å²) in [5, 5.41) is 4.55. The number of anilines is 1. The van der Waals surface area contributed by atoms with E-state index in [-0.39, 0.29) is 0 Å². The third-order valence-corrected chi connectivity index (χ3v) is 4.31. The minimum Gasteiger partial charge on any atom is -0.369 e. The van der Waals surface area contributed by atoms with Crippen molar-refractivity contribution < 1.29 is 0 Å². The number of hydrogen-bond acceptors (Lipinski definition) is 4. The zero-order valence-corrected chi connectivity index (χ0v) is 13.4. The average molecular weight is 297 g/mol. The Morgan fingerprint density at radius 1 is 1.10 bits per heavy atom. The van der Waals surface area contributed by atoms with Crippen LogP contribution in [-0.2, 0) is 0 Å². The maximum absolute atomic E-state index is 4.74. The smallest absolute Gasteiger partial charge is 0.163 e. The SMILES string of the molecule is CCCNc1nc(-c2ccc(C)cc2)nc2sc(C)cc12. The molecule has 3 aromatic rings. The molecule has 3 nitrogen and oxygen atoms in total. The van der Waals surface area contributed by atoms with E-state index in [1.807, 2.05) is 0 Å². The van der Waals surface area contributed by atoms with Crippen molar-refractivity contribution in [3.8, 4) is 11.4 Å². The molecular formula is C17H19N3S. The number of thiophene rings is 1. The zero-order chi connectivity index (χ0) is 14.8. The second kappa shape index (κ2) is 5.82. The van der Waals surface area contributed by atoms with Crippen molar-refractivity contribution in [1.29, 1.82) is 0 Å². The van der Waals surface area contributed by atoms with Crippen molar-refractivity contribution in [2.75, 3.05) is 11.9 Å². The Morgan fingerprint density at radius 3 is 2.57 bits per heavy atom. The van der Waals surface area contributed by atoms with Crippen molar-refractivity contribution in [1.82, 2.24) is 9.97 Å². The molecule has 0 radical (unpaired) electrons. The van der Waals surface area contributed by atoms with Crippen LogP contribution in [0.1, 0.15) is 23.8 Å². The van der Waals surface area contributed by atoms with Gasteiger partial charge >= 0.3 is 0 Å². The van der Waals surface area contributed by atoms with E-state index in [1.54, 1.807) is 11.3 Å². The quantitative estimate of drug-likeness (QED) is 0.752. The summed E-state index contributed by atoms with van der Waals surface area (Å²) in [6.07, 6.45) is 1.08. The molecule has 0 unspecified atom stereocenters. The number of benzene rings is 1. The van der Waals surface area contributed by atoms with Crippen molar-refractivity contribution in [2.45, 2.75) is 27.2 Å². The van der Waals surface area contributed by atoms with Gasteiger partial charge in [-0.1, -0.05) is 36.8 Å². The lowest BCUT2D eigenvalue weighted by atomic mass is 10.1. The van der Waals surface area contributed by atoms with Gasteiger partial charge < -0.3 is 5.32 Å². The summed E-state index contributed by atoms with van der Waals surface area (Å²) in [4.78, 5) is 11.8. The first-order chi connectivity index (χ1) is 10.2. The van der Waals surface area contributed by atoms with Gasteiger partial charge in [0.15, 0.2) is 5.82 Å². The molecule has 0 spiro atoms. The Bertz CT molecular complexity index is 760. The second-order valence-corrected chi connectivity index (χ2v) is 6.50. The lowest BCUT2D eigenvalue weighted by Crippen LogP contribution is -2.04. The van der Waals surface area contributed by atoms with Gasteiger partial charge in [-0.05, 0) is 26.3 Å². The van der Waals surface area contributed by atoms with Crippen molar-refractivity contribution in [3.05, 3.63) is 40.8 Å². The van der Waals surface area contributed by atoms with E-state index in [0.29, 0.717) is 0 Å². The van der Waals surface area contributed by atoms with Gasteiger partial charge in [-0.15, -0.1) is 11.3 Å². The van der Waals surface area contributed by atoms with Crippen molar-refractivity contribution >= 4 is 27.4 Å². The lowest BCUT2D eigenvalue weighted by molar-refractivity contribution is 0.971. The maximum Gasteiger partial charge on any atom is 0.163 e. The van der Waals surface area contributed by atoms with Crippen LogP contribution in [0.5, 0.6) is 0 Å². The highest BCUT2D eigenvalue weighted by atomic mass is 32.1. The normalized spacial score (nSPS) is 11.0. The summed E-state index contributed by atoms with van der Waals surface area (Å²) in [6.45, 7) is 7.28. The largest absolute Gasteiger partial charge is 0.369 e. The molecule has 0 fully saturated rings. The number of fused-ring (bicyclic) bond motifs is 1. The van der Waals surface area contributed by atoms with E-state index >= 15 is 0 Å². The lowest BCUT2D eigenvalue weighted by Gasteiger charge is -2.08. The second-order valence-electron chi connectivity index (χ2n) is 5.26. The van der Waals surface area contributed by atoms with Gasteiger partial charge in [0.25, 0.3) is 0 Å². The number of aromatic nitrogens is 2. The molecule has 0 aliphatic rings. The first kappa shape index (κ1) is 14.0. The molecule has 21 heavy (non-hydrogen) atoms. The highest BCUT2D eigenvalue weighted by Crippen LogP contribution is 2.31. The molecule has 2 aromatic heterocycles. The van der Waals surface area contributed by atoms with E-state index in [9.17, 15) is 0 Å². The molecule has 1 N–H and O–H groups in total. The number of rotatable bonds is 4. The van der Waals surface area contributed by atoms with Crippen LogP contribution in [-0.4, -0.2) is 16.5 Å². The molecule has 0 atom stereocenters. The van der Waals surface area contributed by atoms with Crippen LogP contribution in [0.2, 0.25) is 0 Å². The van der Waals surface area contributed by atoms with Crippen molar-refractivity contribution in [2.24, 2.45) is 0 Å². The molecule has 0 aliphatic heterocycles. The monoisotopic (exact) mass is 297 g/mol. The minimum absolute atomic E-state index is 0.794. The summed E-state index contributed by atoms with van der Waals surface area (Å²) in [7, 11) is 0. The zero-order valence-electron chi connectivity index (χ0n) is 12.6. The van der Waals surface area contributed by atoms with Crippen LogP contribution >= 0.6 is 11.3 Å². The predicted molar refractivity (Wildman–Crippen MR) is 91.1 cm³/mol. The topological polar surface area (TPSA) is 37.8 Å². The molecule has 4 heteroatoms. The minimum atomic E-state index is 0.794. The molecule has 108 valence electrons. The van der Waals surface area contributed by atoms with Crippen LogP contribution in [0, 0.1) is 13.8 Å². The van der Waals surface area contributed by atoms with E-state index < -0.39 is 0 Å². The molecule has 1 aromatic carbocycles. The van der Waals surface area contributed by atoms with E-state index in [2.05, 4.69) is 56.4 Å². The summed E-state index contributed by atoms with van der Waals surface area (Å²) in [5.74, 6) is 1.74. The number of aryl methyl sites for hydroxylation is 2. The van der Waals surface area contributed by atoms with Gasteiger partial charge in [0.1, 0.15) is 10.6 Å². The first-order valence-electron chi connectivity index (χ1n) is 7.26. The summed E-state index contributed by atoms with van der Waals surface area (Å²) in [5.41, 5.74) is 2.31. The Kier molecular flexibility index (Phi) is 3.88. The summed E-state index contributed by atoms with van der Waals surface area (Å²) >= 11 is 1.72. The van der Waals surface area contributed by atoms with Crippen molar-refractivity contribution in [3.63, 3.8) is 0 Å². The predicted octanol–water partition coefficient (Wildman–Crippen LogP) is 4.80.